The fourth-order valence-electron chi connectivity index (χ4n) is 1.54. The van der Waals surface area contributed by atoms with E-state index in [2.05, 4.69) is 15.0 Å². The second-order valence-electron chi connectivity index (χ2n) is 3.88. The number of nitrogen functional groups attached to an aromatic ring is 1. The molecule has 0 unspecified atom stereocenters. The van der Waals surface area contributed by atoms with Crippen LogP contribution in [0, 0.1) is 0 Å². The molecular formula is C12H11F3N4S. The molecule has 0 aliphatic carbocycles. The smallest absolute Gasteiger partial charge is 0.383 e. The Balaban J connectivity index is 2.25. The summed E-state index contributed by atoms with van der Waals surface area (Å²) in [6, 6.07) is 2.30. The molecule has 0 bridgehead atoms. The Bertz CT molecular complexity index is 599. The van der Waals surface area contributed by atoms with Crippen LogP contribution in [0.4, 0.5) is 19.0 Å². The third-order valence-corrected chi connectivity index (χ3v) is 3.55. The molecule has 2 aromatic rings. The van der Waals surface area contributed by atoms with Gasteiger partial charge >= 0.3 is 6.18 Å². The van der Waals surface area contributed by atoms with Crippen molar-refractivity contribution in [3.8, 4) is 0 Å². The minimum absolute atomic E-state index is 0.372. The molecule has 0 aliphatic heterocycles. The van der Waals surface area contributed by atoms with E-state index in [1.54, 1.807) is 0 Å². The topological polar surface area (TPSA) is 64.7 Å². The number of halogens is 3. The van der Waals surface area contributed by atoms with Gasteiger partial charge in [-0.25, -0.2) is 15.0 Å². The number of anilines is 1. The summed E-state index contributed by atoms with van der Waals surface area (Å²) in [6.45, 7) is 1.90. The molecule has 0 amide bonds. The van der Waals surface area contributed by atoms with Crippen LogP contribution in [0.15, 0.2) is 34.7 Å². The van der Waals surface area contributed by atoms with Gasteiger partial charge in [-0.1, -0.05) is 6.92 Å². The molecule has 20 heavy (non-hydrogen) atoms. The molecule has 2 aromatic heterocycles. The van der Waals surface area contributed by atoms with Crippen molar-refractivity contribution in [3.05, 3.63) is 35.8 Å². The highest BCUT2D eigenvalue weighted by molar-refractivity contribution is 7.99. The van der Waals surface area contributed by atoms with Crippen LogP contribution in [-0.4, -0.2) is 15.0 Å². The lowest BCUT2D eigenvalue weighted by atomic mass is 10.2. The van der Waals surface area contributed by atoms with Crippen molar-refractivity contribution >= 4 is 17.6 Å². The van der Waals surface area contributed by atoms with Crippen molar-refractivity contribution in [1.82, 2.24) is 15.0 Å². The summed E-state index contributed by atoms with van der Waals surface area (Å²) in [6.07, 6.45) is -1.63. The SMILES string of the molecule is CCc1c(N)ncnc1Sc1ccc(C(F)(F)F)cn1. The van der Waals surface area contributed by atoms with Crippen LogP contribution >= 0.6 is 11.8 Å². The maximum absolute atomic E-state index is 12.4. The van der Waals surface area contributed by atoms with Crippen LogP contribution in [0.3, 0.4) is 0 Å². The quantitative estimate of drug-likeness (QED) is 0.882. The van der Waals surface area contributed by atoms with Crippen LogP contribution in [0.2, 0.25) is 0 Å². The zero-order valence-corrected chi connectivity index (χ0v) is 11.3. The van der Waals surface area contributed by atoms with E-state index in [-0.39, 0.29) is 0 Å². The van der Waals surface area contributed by atoms with Gasteiger partial charge in [0.25, 0.3) is 0 Å². The van der Waals surface area contributed by atoms with E-state index >= 15 is 0 Å². The Morgan fingerprint density at radius 1 is 1.20 bits per heavy atom. The van der Waals surface area contributed by atoms with Gasteiger partial charge in [0.15, 0.2) is 0 Å². The molecule has 8 heteroatoms. The molecule has 0 saturated carbocycles. The lowest BCUT2D eigenvalue weighted by Crippen LogP contribution is -2.05. The van der Waals surface area contributed by atoms with Gasteiger partial charge in [0, 0.05) is 11.8 Å². The lowest BCUT2D eigenvalue weighted by molar-refractivity contribution is -0.137. The zero-order valence-electron chi connectivity index (χ0n) is 10.5. The van der Waals surface area contributed by atoms with Crippen molar-refractivity contribution in [2.75, 3.05) is 5.73 Å². The summed E-state index contributed by atoms with van der Waals surface area (Å²) in [5.41, 5.74) is 5.72. The van der Waals surface area contributed by atoms with E-state index < -0.39 is 11.7 Å². The molecule has 2 N–H and O–H groups in total. The third-order valence-electron chi connectivity index (χ3n) is 2.56. The van der Waals surface area contributed by atoms with Gasteiger partial charge < -0.3 is 5.73 Å². The Kier molecular flexibility index (Phi) is 4.12. The van der Waals surface area contributed by atoms with E-state index in [0.29, 0.717) is 22.3 Å². The largest absolute Gasteiger partial charge is 0.417 e. The first-order chi connectivity index (χ1) is 9.41. The second kappa shape index (κ2) is 5.66. The van der Waals surface area contributed by atoms with Gasteiger partial charge in [-0.05, 0) is 30.3 Å². The first-order valence-corrected chi connectivity index (χ1v) is 6.54. The molecule has 0 aromatic carbocycles. The molecule has 0 aliphatic rings. The highest BCUT2D eigenvalue weighted by Gasteiger charge is 2.30. The summed E-state index contributed by atoms with van der Waals surface area (Å²) in [4.78, 5) is 11.8. The van der Waals surface area contributed by atoms with E-state index in [9.17, 15) is 13.2 Å². The first-order valence-electron chi connectivity index (χ1n) is 5.72. The summed E-state index contributed by atoms with van der Waals surface area (Å²) in [5.74, 6) is 0.372. The minimum atomic E-state index is -4.38. The highest BCUT2D eigenvalue weighted by Crippen LogP contribution is 2.32. The van der Waals surface area contributed by atoms with E-state index in [1.165, 1.54) is 12.4 Å². The molecule has 0 atom stereocenters. The number of nitrogens with zero attached hydrogens (tertiary/aromatic N) is 3. The Morgan fingerprint density at radius 3 is 2.50 bits per heavy atom. The second-order valence-corrected chi connectivity index (χ2v) is 4.89. The first kappa shape index (κ1) is 14.6. The zero-order chi connectivity index (χ0) is 14.8. The third kappa shape index (κ3) is 3.19. The summed E-state index contributed by atoms with van der Waals surface area (Å²) in [5, 5.41) is 1.03. The summed E-state index contributed by atoms with van der Waals surface area (Å²) < 4.78 is 37.3. The Morgan fingerprint density at radius 2 is 1.95 bits per heavy atom. The van der Waals surface area contributed by atoms with Crippen molar-refractivity contribution < 1.29 is 13.2 Å². The van der Waals surface area contributed by atoms with Crippen molar-refractivity contribution in [3.63, 3.8) is 0 Å². The Labute approximate surface area is 117 Å². The number of nitrogens with two attached hydrogens (primary N) is 1. The van der Waals surface area contributed by atoms with Crippen molar-refractivity contribution in [1.29, 1.82) is 0 Å². The maximum atomic E-state index is 12.4. The van der Waals surface area contributed by atoms with Crippen LogP contribution in [0.25, 0.3) is 0 Å². The molecule has 0 spiro atoms. The number of alkyl halides is 3. The number of hydrogen-bond acceptors (Lipinski definition) is 5. The fraction of sp³-hybridized carbons (Fsp3) is 0.250. The van der Waals surface area contributed by atoms with E-state index in [1.807, 2.05) is 6.92 Å². The Hall–Kier alpha value is -1.83. The molecule has 2 rings (SSSR count). The fourth-order valence-corrected chi connectivity index (χ4v) is 2.45. The van der Waals surface area contributed by atoms with Crippen LogP contribution < -0.4 is 5.73 Å². The molecule has 2 heterocycles. The molecule has 106 valence electrons. The van der Waals surface area contributed by atoms with Crippen LogP contribution in [-0.2, 0) is 12.6 Å². The highest BCUT2D eigenvalue weighted by atomic mass is 32.2. The molecule has 0 saturated heterocycles. The van der Waals surface area contributed by atoms with Crippen molar-refractivity contribution in [2.45, 2.75) is 29.6 Å². The number of aromatic nitrogens is 3. The summed E-state index contributed by atoms with van der Waals surface area (Å²) >= 11 is 1.16. The predicted molar refractivity (Wildman–Crippen MR) is 69.2 cm³/mol. The van der Waals surface area contributed by atoms with Crippen LogP contribution in [0.5, 0.6) is 0 Å². The van der Waals surface area contributed by atoms with Crippen LogP contribution in [0.1, 0.15) is 18.1 Å². The average Bonchev–Trinajstić information content (AvgIpc) is 2.38. The van der Waals surface area contributed by atoms with Gasteiger partial charge in [0.2, 0.25) is 0 Å². The van der Waals surface area contributed by atoms with Gasteiger partial charge in [0.1, 0.15) is 22.2 Å². The number of hydrogen-bond donors (Lipinski definition) is 1. The van der Waals surface area contributed by atoms with Gasteiger partial charge in [0.05, 0.1) is 5.56 Å². The molecule has 0 fully saturated rings. The molecule has 0 radical (unpaired) electrons. The van der Waals surface area contributed by atoms with Gasteiger partial charge in [-0.3, -0.25) is 0 Å². The predicted octanol–water partition coefficient (Wildman–Crippen LogP) is 3.19. The molecule has 4 nitrogen and oxygen atoms in total. The van der Waals surface area contributed by atoms with Gasteiger partial charge in [-0.2, -0.15) is 13.2 Å². The van der Waals surface area contributed by atoms with E-state index in [0.717, 1.165) is 29.6 Å². The minimum Gasteiger partial charge on any atom is -0.383 e. The van der Waals surface area contributed by atoms with Crippen molar-refractivity contribution in [2.24, 2.45) is 0 Å². The number of rotatable bonds is 3. The standard InChI is InChI=1S/C12H11F3N4S/c1-2-8-10(16)18-6-19-11(8)20-9-4-3-7(5-17-9)12(13,14)15/h3-6H,2H2,1H3,(H2,16,18,19). The summed E-state index contributed by atoms with van der Waals surface area (Å²) in [7, 11) is 0. The van der Waals surface area contributed by atoms with E-state index in [4.69, 9.17) is 5.73 Å². The maximum Gasteiger partial charge on any atom is 0.417 e. The lowest BCUT2D eigenvalue weighted by Gasteiger charge is -2.09. The monoisotopic (exact) mass is 300 g/mol. The average molecular weight is 300 g/mol. The number of pyridine rings is 1. The molecular weight excluding hydrogens is 289 g/mol. The normalized spacial score (nSPS) is 11.6. The van der Waals surface area contributed by atoms with Gasteiger partial charge in [-0.15, -0.1) is 0 Å².